The second-order valence-corrected chi connectivity index (χ2v) is 7.60. The highest BCUT2D eigenvalue weighted by Gasteiger charge is 2.14. The molecule has 0 unspecified atom stereocenters. The molecule has 0 fully saturated rings. The predicted octanol–water partition coefficient (Wildman–Crippen LogP) is 4.07. The van der Waals surface area contributed by atoms with E-state index in [9.17, 15) is 14.9 Å². The Morgan fingerprint density at radius 1 is 1.03 bits per heavy atom. The fraction of sp³-hybridized carbons (Fsp3) is 0.346. The summed E-state index contributed by atoms with van der Waals surface area (Å²) in [7, 11) is 3.01. The van der Waals surface area contributed by atoms with E-state index < -0.39 is 11.9 Å². The van der Waals surface area contributed by atoms with Crippen LogP contribution in [-0.4, -0.2) is 38.7 Å². The van der Waals surface area contributed by atoms with Gasteiger partial charge in [-0.3, -0.25) is 9.59 Å². The number of methoxy groups -OCH3 is 2. The van der Waals surface area contributed by atoms with Gasteiger partial charge >= 0.3 is 5.97 Å². The number of rotatable bonds is 11. The van der Waals surface area contributed by atoms with Gasteiger partial charge in [0.2, 0.25) is 0 Å². The molecule has 0 saturated heterocycles. The van der Waals surface area contributed by atoms with Gasteiger partial charge in [-0.1, -0.05) is 12.1 Å². The number of hydrogen-bond acceptors (Lipinski definition) is 7. The van der Waals surface area contributed by atoms with E-state index in [4.69, 9.17) is 18.9 Å². The van der Waals surface area contributed by atoms with Crippen molar-refractivity contribution in [1.82, 2.24) is 5.32 Å². The first kappa shape index (κ1) is 26.3. The lowest BCUT2D eigenvalue weighted by atomic mass is 10.1. The summed E-state index contributed by atoms with van der Waals surface area (Å²) in [6, 6.07) is 12.1. The minimum absolute atomic E-state index is 0.0359. The molecule has 0 heterocycles. The molecule has 0 saturated carbocycles. The second-order valence-electron chi connectivity index (χ2n) is 7.60. The molecule has 0 bridgehead atoms. The van der Waals surface area contributed by atoms with Crippen molar-refractivity contribution in [3.8, 4) is 29.1 Å². The highest BCUT2D eigenvalue weighted by Crippen LogP contribution is 2.30. The number of benzene rings is 2. The van der Waals surface area contributed by atoms with Gasteiger partial charge in [0.15, 0.2) is 23.0 Å². The topological polar surface area (TPSA) is 107 Å². The van der Waals surface area contributed by atoms with Crippen LogP contribution in [0, 0.1) is 11.3 Å². The van der Waals surface area contributed by atoms with E-state index in [0.29, 0.717) is 35.8 Å². The monoisotopic (exact) mass is 466 g/mol. The Labute approximate surface area is 200 Å². The summed E-state index contributed by atoms with van der Waals surface area (Å²) in [6.45, 7) is 6.05. The first-order valence-corrected chi connectivity index (χ1v) is 10.9. The number of hydrogen-bond donors (Lipinski definition) is 1. The average molecular weight is 467 g/mol. The molecule has 8 heteroatoms. The number of esters is 1. The van der Waals surface area contributed by atoms with Crippen molar-refractivity contribution in [1.29, 1.82) is 5.26 Å². The van der Waals surface area contributed by atoms with Crippen molar-refractivity contribution in [2.75, 3.05) is 20.8 Å². The average Bonchev–Trinajstić information content (AvgIpc) is 2.82. The number of nitriles is 1. The molecule has 2 rings (SSSR count). The summed E-state index contributed by atoms with van der Waals surface area (Å²) in [5.74, 6) is 0.931. The highest BCUT2D eigenvalue weighted by molar-refractivity contribution is 6.01. The molecule has 0 aliphatic rings. The third kappa shape index (κ3) is 7.55. The number of carbonyl (C=O) groups is 2. The lowest BCUT2D eigenvalue weighted by Gasteiger charge is -2.12. The Balaban J connectivity index is 2.08. The van der Waals surface area contributed by atoms with Crippen molar-refractivity contribution in [2.45, 2.75) is 39.7 Å². The third-order valence-electron chi connectivity index (χ3n) is 4.65. The molecule has 2 aromatic rings. The Kier molecular flexibility index (Phi) is 9.96. The standard InChI is InChI=1S/C26H30N2O6/c1-6-33-21-10-7-18(14-23(21)31-4)9-12-25(29)34-22-11-8-19(15-24(22)32-5)13-20(16-27)26(30)28-17(2)3/h7-8,10-11,13-15,17H,6,9,12H2,1-5H3,(H,28,30)/b20-13+. The van der Waals surface area contributed by atoms with Crippen molar-refractivity contribution < 1.29 is 28.5 Å². The van der Waals surface area contributed by atoms with Crippen LogP contribution in [0.4, 0.5) is 0 Å². The van der Waals surface area contributed by atoms with E-state index in [1.165, 1.54) is 13.2 Å². The molecule has 0 spiro atoms. The molecule has 0 atom stereocenters. The number of amides is 1. The second kappa shape index (κ2) is 12.9. The predicted molar refractivity (Wildman–Crippen MR) is 128 cm³/mol. The molecular formula is C26H30N2O6. The van der Waals surface area contributed by atoms with Gasteiger partial charge in [-0.05, 0) is 68.7 Å². The SMILES string of the molecule is CCOc1ccc(CCC(=O)Oc2ccc(/C=C(\C#N)C(=O)NC(C)C)cc2OC)cc1OC. The van der Waals surface area contributed by atoms with E-state index in [2.05, 4.69) is 5.32 Å². The molecule has 180 valence electrons. The van der Waals surface area contributed by atoms with E-state index in [-0.39, 0.29) is 23.8 Å². The number of nitrogens with one attached hydrogen (secondary N) is 1. The van der Waals surface area contributed by atoms with Crippen LogP contribution in [0.15, 0.2) is 42.0 Å². The van der Waals surface area contributed by atoms with E-state index in [0.717, 1.165) is 5.56 Å². The Bertz CT molecular complexity index is 1090. The Morgan fingerprint density at radius 3 is 2.32 bits per heavy atom. The summed E-state index contributed by atoms with van der Waals surface area (Å²) in [5, 5.41) is 12.0. The zero-order valence-electron chi connectivity index (χ0n) is 20.1. The number of carbonyl (C=O) groups excluding carboxylic acids is 2. The molecule has 0 aliphatic carbocycles. The van der Waals surface area contributed by atoms with Crippen LogP contribution in [0.3, 0.4) is 0 Å². The lowest BCUT2D eigenvalue weighted by Crippen LogP contribution is -2.30. The maximum atomic E-state index is 12.4. The first-order chi connectivity index (χ1) is 16.3. The smallest absolute Gasteiger partial charge is 0.311 e. The van der Waals surface area contributed by atoms with E-state index in [1.54, 1.807) is 25.3 Å². The summed E-state index contributed by atoms with van der Waals surface area (Å²) in [5.41, 5.74) is 1.44. The molecule has 8 nitrogen and oxygen atoms in total. The van der Waals surface area contributed by atoms with Gasteiger partial charge in [0.25, 0.3) is 5.91 Å². The summed E-state index contributed by atoms with van der Waals surface area (Å²) < 4.78 is 21.7. The van der Waals surface area contributed by atoms with Crippen LogP contribution in [0.25, 0.3) is 6.08 Å². The van der Waals surface area contributed by atoms with Gasteiger partial charge < -0.3 is 24.3 Å². The molecule has 0 radical (unpaired) electrons. The maximum Gasteiger partial charge on any atom is 0.311 e. The summed E-state index contributed by atoms with van der Waals surface area (Å²) in [6.07, 6.45) is 2.06. The van der Waals surface area contributed by atoms with Crippen LogP contribution in [-0.2, 0) is 16.0 Å². The zero-order valence-corrected chi connectivity index (χ0v) is 20.1. The largest absolute Gasteiger partial charge is 0.493 e. The van der Waals surface area contributed by atoms with Gasteiger partial charge in [-0.15, -0.1) is 0 Å². The molecule has 0 aliphatic heterocycles. The molecular weight excluding hydrogens is 436 g/mol. The number of aryl methyl sites for hydroxylation is 1. The van der Waals surface area contributed by atoms with Gasteiger partial charge in [-0.2, -0.15) is 5.26 Å². The quantitative estimate of drug-likeness (QED) is 0.230. The maximum absolute atomic E-state index is 12.4. The highest BCUT2D eigenvalue weighted by atomic mass is 16.6. The number of nitrogens with zero attached hydrogens (tertiary/aromatic N) is 1. The van der Waals surface area contributed by atoms with Crippen LogP contribution in [0.5, 0.6) is 23.0 Å². The zero-order chi connectivity index (χ0) is 25.1. The van der Waals surface area contributed by atoms with Gasteiger partial charge in [0.1, 0.15) is 11.6 Å². The van der Waals surface area contributed by atoms with Gasteiger partial charge in [0.05, 0.1) is 20.8 Å². The normalized spacial score (nSPS) is 10.9. The van der Waals surface area contributed by atoms with Crippen molar-refractivity contribution in [2.24, 2.45) is 0 Å². The van der Waals surface area contributed by atoms with Crippen molar-refractivity contribution >= 4 is 18.0 Å². The van der Waals surface area contributed by atoms with Crippen molar-refractivity contribution in [3.05, 3.63) is 53.1 Å². The van der Waals surface area contributed by atoms with Crippen LogP contribution >= 0.6 is 0 Å². The lowest BCUT2D eigenvalue weighted by molar-refractivity contribution is -0.134. The first-order valence-electron chi connectivity index (χ1n) is 10.9. The van der Waals surface area contributed by atoms with Gasteiger partial charge in [-0.25, -0.2) is 0 Å². The Morgan fingerprint density at radius 2 is 1.71 bits per heavy atom. The fourth-order valence-corrected chi connectivity index (χ4v) is 3.08. The molecule has 2 aromatic carbocycles. The fourth-order valence-electron chi connectivity index (χ4n) is 3.08. The summed E-state index contributed by atoms with van der Waals surface area (Å²) in [4.78, 5) is 24.6. The minimum Gasteiger partial charge on any atom is -0.493 e. The van der Waals surface area contributed by atoms with Crippen LogP contribution < -0.4 is 24.3 Å². The van der Waals surface area contributed by atoms with Crippen LogP contribution in [0.2, 0.25) is 0 Å². The van der Waals surface area contributed by atoms with Crippen LogP contribution in [0.1, 0.15) is 38.3 Å². The van der Waals surface area contributed by atoms with Gasteiger partial charge in [0, 0.05) is 12.5 Å². The van der Waals surface area contributed by atoms with E-state index in [1.807, 2.05) is 45.0 Å². The molecule has 1 N–H and O–H groups in total. The molecule has 1 amide bonds. The molecule has 0 aromatic heterocycles. The minimum atomic E-state index is -0.460. The van der Waals surface area contributed by atoms with E-state index >= 15 is 0 Å². The van der Waals surface area contributed by atoms with Crippen molar-refractivity contribution in [3.63, 3.8) is 0 Å². The number of ether oxygens (including phenoxy) is 4. The summed E-state index contributed by atoms with van der Waals surface area (Å²) >= 11 is 0. The Hall–Kier alpha value is -3.99. The third-order valence-corrected chi connectivity index (χ3v) is 4.65. The molecule has 34 heavy (non-hydrogen) atoms.